The summed E-state index contributed by atoms with van der Waals surface area (Å²) in [6.45, 7) is 4.23. The summed E-state index contributed by atoms with van der Waals surface area (Å²) in [5.74, 6) is 0.928. The molecule has 1 amide bonds. The van der Waals surface area contributed by atoms with Crippen molar-refractivity contribution in [3.05, 3.63) is 44.1 Å². The van der Waals surface area contributed by atoms with Crippen molar-refractivity contribution in [2.24, 2.45) is 0 Å². The number of amides is 1. The quantitative estimate of drug-likeness (QED) is 0.408. The second-order valence-corrected chi connectivity index (χ2v) is 10.2. The SMILES string of the molecule is CC(C)n1c(SCC(=O)Nc2cc(Cl)ccc2Cl)nnc1-c1csc2c1CCCC2. The maximum absolute atomic E-state index is 12.5. The van der Waals surface area contributed by atoms with Gasteiger partial charge < -0.3 is 5.32 Å². The molecule has 5 nitrogen and oxygen atoms in total. The Labute approximate surface area is 194 Å². The van der Waals surface area contributed by atoms with E-state index in [2.05, 4.69) is 39.3 Å². The van der Waals surface area contributed by atoms with Gasteiger partial charge in [0.25, 0.3) is 0 Å². The van der Waals surface area contributed by atoms with Crippen molar-refractivity contribution < 1.29 is 4.79 Å². The minimum absolute atomic E-state index is 0.170. The van der Waals surface area contributed by atoms with Crippen molar-refractivity contribution >= 4 is 57.9 Å². The molecule has 0 aliphatic heterocycles. The van der Waals surface area contributed by atoms with E-state index in [0.29, 0.717) is 15.7 Å². The Kier molecular flexibility index (Phi) is 6.72. The Hall–Kier alpha value is -1.54. The number of anilines is 1. The number of aryl methyl sites for hydroxylation is 1. The lowest BCUT2D eigenvalue weighted by atomic mass is 9.95. The molecule has 0 bridgehead atoms. The van der Waals surface area contributed by atoms with Crippen LogP contribution < -0.4 is 5.32 Å². The molecule has 9 heteroatoms. The summed E-state index contributed by atoms with van der Waals surface area (Å²) in [6, 6.07) is 5.17. The largest absolute Gasteiger partial charge is 0.324 e. The van der Waals surface area contributed by atoms with Crippen LogP contribution in [0.5, 0.6) is 0 Å². The lowest BCUT2D eigenvalue weighted by Gasteiger charge is -2.16. The number of rotatable bonds is 6. The Morgan fingerprint density at radius 1 is 1.27 bits per heavy atom. The second kappa shape index (κ2) is 9.30. The van der Waals surface area contributed by atoms with E-state index < -0.39 is 0 Å². The van der Waals surface area contributed by atoms with E-state index in [9.17, 15) is 4.79 Å². The maximum atomic E-state index is 12.5. The van der Waals surface area contributed by atoms with E-state index in [1.54, 1.807) is 18.2 Å². The molecule has 1 aromatic carbocycles. The predicted molar refractivity (Wildman–Crippen MR) is 126 cm³/mol. The molecule has 2 heterocycles. The monoisotopic (exact) mass is 480 g/mol. The number of thiophene rings is 1. The summed E-state index contributed by atoms with van der Waals surface area (Å²) in [7, 11) is 0. The van der Waals surface area contributed by atoms with Crippen molar-refractivity contribution in [1.29, 1.82) is 0 Å². The number of fused-ring (bicyclic) bond motifs is 1. The van der Waals surface area contributed by atoms with Crippen LogP contribution in [-0.2, 0) is 17.6 Å². The van der Waals surface area contributed by atoms with Gasteiger partial charge in [0, 0.05) is 26.9 Å². The van der Waals surface area contributed by atoms with E-state index in [1.165, 1.54) is 40.6 Å². The molecule has 3 aromatic rings. The lowest BCUT2D eigenvalue weighted by Crippen LogP contribution is -2.15. The zero-order valence-electron chi connectivity index (χ0n) is 16.7. The minimum Gasteiger partial charge on any atom is -0.324 e. The average Bonchev–Trinajstić information content (AvgIpc) is 3.33. The average molecular weight is 481 g/mol. The van der Waals surface area contributed by atoms with Crippen LogP contribution >= 0.6 is 46.3 Å². The summed E-state index contributed by atoms with van der Waals surface area (Å²) in [6.07, 6.45) is 4.74. The van der Waals surface area contributed by atoms with Gasteiger partial charge in [-0.3, -0.25) is 9.36 Å². The highest BCUT2D eigenvalue weighted by Gasteiger charge is 2.23. The van der Waals surface area contributed by atoms with Gasteiger partial charge in [0.1, 0.15) is 0 Å². The van der Waals surface area contributed by atoms with Gasteiger partial charge >= 0.3 is 0 Å². The van der Waals surface area contributed by atoms with Gasteiger partial charge in [0.2, 0.25) is 5.91 Å². The molecular weight excluding hydrogens is 459 g/mol. The summed E-state index contributed by atoms with van der Waals surface area (Å²) in [4.78, 5) is 13.9. The van der Waals surface area contributed by atoms with Crippen molar-refractivity contribution in [3.8, 4) is 11.4 Å². The molecule has 0 spiro atoms. The molecule has 1 N–H and O–H groups in total. The minimum atomic E-state index is -0.170. The number of carbonyl (C=O) groups excluding carboxylic acids is 1. The van der Waals surface area contributed by atoms with Crippen LogP contribution in [0.1, 0.15) is 43.2 Å². The second-order valence-electron chi connectivity index (χ2n) is 7.49. The molecule has 2 aromatic heterocycles. The van der Waals surface area contributed by atoms with Crippen molar-refractivity contribution in [1.82, 2.24) is 14.8 Å². The summed E-state index contributed by atoms with van der Waals surface area (Å²) in [5, 5.41) is 15.6. The highest BCUT2D eigenvalue weighted by molar-refractivity contribution is 7.99. The third-order valence-corrected chi connectivity index (χ3v) is 7.61. The number of hydrogen-bond acceptors (Lipinski definition) is 5. The molecule has 4 rings (SSSR count). The standard InChI is InChI=1S/C21H22Cl2N4OS2/c1-12(2)27-20(15-10-29-18-6-4-3-5-14(15)18)25-26-21(27)30-11-19(28)24-17-9-13(22)7-8-16(17)23/h7-10,12H,3-6,11H2,1-2H3,(H,24,28). The third kappa shape index (κ3) is 4.54. The Morgan fingerprint density at radius 2 is 2.07 bits per heavy atom. The summed E-state index contributed by atoms with van der Waals surface area (Å²) < 4.78 is 2.13. The number of nitrogens with zero attached hydrogens (tertiary/aromatic N) is 3. The molecule has 0 unspecified atom stereocenters. The molecule has 0 fully saturated rings. The van der Waals surface area contributed by atoms with Crippen LogP contribution in [0.25, 0.3) is 11.4 Å². The molecule has 30 heavy (non-hydrogen) atoms. The first kappa shape index (κ1) is 21.7. The number of thioether (sulfide) groups is 1. The third-order valence-electron chi connectivity index (χ3n) is 5.02. The Balaban J connectivity index is 1.52. The van der Waals surface area contributed by atoms with Gasteiger partial charge in [0.05, 0.1) is 16.5 Å². The number of carbonyl (C=O) groups is 1. The Bertz CT molecular complexity index is 1080. The molecule has 0 atom stereocenters. The van der Waals surface area contributed by atoms with Crippen LogP contribution in [-0.4, -0.2) is 26.4 Å². The van der Waals surface area contributed by atoms with E-state index in [-0.39, 0.29) is 17.7 Å². The number of aromatic nitrogens is 3. The Morgan fingerprint density at radius 3 is 2.87 bits per heavy atom. The van der Waals surface area contributed by atoms with Crippen LogP contribution in [0.4, 0.5) is 5.69 Å². The fraction of sp³-hybridized carbons (Fsp3) is 0.381. The molecule has 1 aliphatic carbocycles. The van der Waals surface area contributed by atoms with E-state index in [1.807, 2.05) is 11.3 Å². The zero-order valence-corrected chi connectivity index (χ0v) is 19.9. The van der Waals surface area contributed by atoms with E-state index in [0.717, 1.165) is 23.8 Å². The number of nitrogens with one attached hydrogen (secondary N) is 1. The topological polar surface area (TPSA) is 59.8 Å². The van der Waals surface area contributed by atoms with Crippen LogP contribution in [0, 0.1) is 0 Å². The first-order chi connectivity index (χ1) is 14.4. The summed E-state index contributed by atoms with van der Waals surface area (Å²) >= 11 is 15.3. The summed E-state index contributed by atoms with van der Waals surface area (Å²) in [5.41, 5.74) is 3.12. The van der Waals surface area contributed by atoms with Crippen molar-refractivity contribution in [2.45, 2.75) is 50.7 Å². The van der Waals surface area contributed by atoms with E-state index >= 15 is 0 Å². The smallest absolute Gasteiger partial charge is 0.234 e. The number of halogens is 2. The first-order valence-electron chi connectivity index (χ1n) is 9.86. The lowest BCUT2D eigenvalue weighted by molar-refractivity contribution is -0.113. The van der Waals surface area contributed by atoms with Gasteiger partial charge in [-0.15, -0.1) is 21.5 Å². The molecule has 0 radical (unpaired) electrons. The maximum Gasteiger partial charge on any atom is 0.234 e. The zero-order chi connectivity index (χ0) is 21.3. The molecular formula is C21H22Cl2N4OS2. The molecule has 0 saturated carbocycles. The van der Waals surface area contributed by atoms with Crippen LogP contribution in [0.2, 0.25) is 10.0 Å². The molecule has 1 aliphatic rings. The first-order valence-corrected chi connectivity index (χ1v) is 12.5. The van der Waals surface area contributed by atoms with Crippen LogP contribution in [0.3, 0.4) is 0 Å². The van der Waals surface area contributed by atoms with Gasteiger partial charge in [-0.2, -0.15) is 0 Å². The highest BCUT2D eigenvalue weighted by atomic mass is 35.5. The number of hydrogen-bond donors (Lipinski definition) is 1. The number of benzene rings is 1. The van der Waals surface area contributed by atoms with Gasteiger partial charge in [-0.1, -0.05) is 35.0 Å². The highest BCUT2D eigenvalue weighted by Crippen LogP contribution is 2.38. The van der Waals surface area contributed by atoms with Gasteiger partial charge in [-0.05, 0) is 63.3 Å². The van der Waals surface area contributed by atoms with Gasteiger partial charge in [-0.25, -0.2) is 0 Å². The van der Waals surface area contributed by atoms with Crippen molar-refractivity contribution in [2.75, 3.05) is 11.1 Å². The normalized spacial score (nSPS) is 13.5. The van der Waals surface area contributed by atoms with Crippen molar-refractivity contribution in [3.63, 3.8) is 0 Å². The van der Waals surface area contributed by atoms with E-state index in [4.69, 9.17) is 23.2 Å². The molecule has 158 valence electrons. The van der Waals surface area contributed by atoms with Gasteiger partial charge in [0.15, 0.2) is 11.0 Å². The fourth-order valence-corrected chi connectivity index (χ4v) is 5.94. The van der Waals surface area contributed by atoms with Crippen LogP contribution in [0.15, 0.2) is 28.7 Å². The molecule has 0 saturated heterocycles. The predicted octanol–water partition coefficient (Wildman–Crippen LogP) is 6.50. The fourth-order valence-electron chi connectivity index (χ4n) is 3.62.